The molecule has 0 radical (unpaired) electrons. The van der Waals surface area contributed by atoms with E-state index in [4.69, 9.17) is 0 Å². The molecule has 1 aliphatic heterocycles. The van der Waals surface area contributed by atoms with E-state index >= 15 is 0 Å². The second kappa shape index (κ2) is 9.26. The third-order valence-corrected chi connectivity index (χ3v) is 8.54. The Balaban J connectivity index is 1.12. The Morgan fingerprint density at radius 3 is 2.53 bits per heavy atom. The van der Waals surface area contributed by atoms with Crippen LogP contribution >= 0.6 is 0 Å². The number of amides is 1. The van der Waals surface area contributed by atoms with Gasteiger partial charge >= 0.3 is 0 Å². The maximum Gasteiger partial charge on any atom is 0.245 e. The van der Waals surface area contributed by atoms with Crippen LogP contribution in [0.2, 0.25) is 0 Å². The molecule has 2 saturated carbocycles. The number of piperidine rings is 1. The molecule has 1 amide bonds. The number of carbonyl (C=O) groups excluding carboxylic acids is 3. The van der Waals surface area contributed by atoms with Crippen LogP contribution in [-0.4, -0.2) is 49.2 Å². The number of hydrogen-bond acceptors (Lipinski definition) is 5. The van der Waals surface area contributed by atoms with Gasteiger partial charge in [-0.1, -0.05) is 30.3 Å². The van der Waals surface area contributed by atoms with Gasteiger partial charge in [0.1, 0.15) is 12.2 Å². The molecule has 2 aliphatic carbocycles. The summed E-state index contributed by atoms with van der Waals surface area (Å²) < 4.78 is 1.57. The first-order valence-corrected chi connectivity index (χ1v) is 13.2. The maximum atomic E-state index is 13.5. The summed E-state index contributed by atoms with van der Waals surface area (Å²) in [5, 5.41) is 5.13. The van der Waals surface area contributed by atoms with E-state index in [1.54, 1.807) is 23.1 Å². The molecule has 36 heavy (non-hydrogen) atoms. The SMILES string of the molecule is CC(=O)c1nn(CC(=O)N2[C@@H]3C[C@@H]3C[C@H]2C(=O)CC2CCC(c3ccccc3)CC2)c2cnccc12. The zero-order chi connectivity index (χ0) is 24.8. The van der Waals surface area contributed by atoms with Crippen molar-refractivity contribution in [3.63, 3.8) is 0 Å². The summed E-state index contributed by atoms with van der Waals surface area (Å²) >= 11 is 0. The zero-order valence-electron chi connectivity index (χ0n) is 20.7. The highest BCUT2D eigenvalue weighted by molar-refractivity contribution is 6.04. The summed E-state index contributed by atoms with van der Waals surface area (Å²) in [5.74, 6) is 1.43. The standard InChI is InChI=1S/C29H32N4O3/c1-18(34)29-23-11-12-30-16-26(23)32(31-29)17-28(36)33-24-14-22(24)15-25(33)27(35)13-19-7-9-21(10-8-19)20-5-3-2-4-6-20/h2-6,11-12,16,19,21-22,24-25H,7-10,13-15,17H2,1H3/t19?,21?,22-,24-,25+/m1/s1. The number of nitrogens with zero attached hydrogens (tertiary/aromatic N) is 4. The topological polar surface area (TPSA) is 85.2 Å². The van der Waals surface area contributed by atoms with Crippen LogP contribution in [0.4, 0.5) is 0 Å². The van der Waals surface area contributed by atoms with Gasteiger partial charge < -0.3 is 4.90 Å². The van der Waals surface area contributed by atoms with E-state index in [9.17, 15) is 14.4 Å². The molecular weight excluding hydrogens is 452 g/mol. The summed E-state index contributed by atoms with van der Waals surface area (Å²) in [4.78, 5) is 45.0. The van der Waals surface area contributed by atoms with Crippen molar-refractivity contribution in [3.8, 4) is 0 Å². The van der Waals surface area contributed by atoms with Crippen LogP contribution in [0, 0.1) is 11.8 Å². The molecule has 2 aromatic heterocycles. The van der Waals surface area contributed by atoms with Crippen molar-refractivity contribution in [2.75, 3.05) is 0 Å². The molecule has 0 N–H and O–H groups in total. The first kappa shape index (κ1) is 23.1. The van der Waals surface area contributed by atoms with Gasteiger partial charge in [-0.3, -0.25) is 24.0 Å². The van der Waals surface area contributed by atoms with Crippen LogP contribution in [0.15, 0.2) is 48.8 Å². The fraction of sp³-hybridized carbons (Fsp3) is 0.483. The fourth-order valence-corrected chi connectivity index (χ4v) is 6.56. The van der Waals surface area contributed by atoms with Crippen molar-refractivity contribution in [3.05, 3.63) is 60.0 Å². The summed E-state index contributed by atoms with van der Waals surface area (Å²) in [6.07, 6.45) is 9.99. The van der Waals surface area contributed by atoms with Crippen molar-refractivity contribution in [1.82, 2.24) is 19.7 Å². The van der Waals surface area contributed by atoms with Crippen molar-refractivity contribution in [1.29, 1.82) is 0 Å². The Kier molecular flexibility index (Phi) is 5.94. The maximum absolute atomic E-state index is 13.5. The predicted molar refractivity (Wildman–Crippen MR) is 135 cm³/mol. The molecule has 1 aromatic carbocycles. The van der Waals surface area contributed by atoms with Crippen molar-refractivity contribution >= 4 is 28.4 Å². The van der Waals surface area contributed by atoms with E-state index in [0.717, 1.165) is 38.5 Å². The Morgan fingerprint density at radius 2 is 1.78 bits per heavy atom. The highest BCUT2D eigenvalue weighted by Crippen LogP contribution is 2.49. The lowest BCUT2D eigenvalue weighted by atomic mass is 9.76. The van der Waals surface area contributed by atoms with Crippen LogP contribution in [0.25, 0.3) is 10.9 Å². The normalized spacial score (nSPS) is 27.1. The highest BCUT2D eigenvalue weighted by atomic mass is 16.2. The molecule has 3 atom stereocenters. The highest BCUT2D eigenvalue weighted by Gasteiger charge is 2.55. The number of likely N-dealkylation sites (tertiary alicyclic amines) is 1. The third kappa shape index (κ3) is 4.25. The number of rotatable bonds is 7. The number of hydrogen-bond donors (Lipinski definition) is 0. The van der Waals surface area contributed by atoms with Gasteiger partial charge in [-0.2, -0.15) is 5.10 Å². The van der Waals surface area contributed by atoms with Crippen LogP contribution in [-0.2, 0) is 16.1 Å². The average molecular weight is 485 g/mol. The van der Waals surface area contributed by atoms with Crippen molar-refractivity contribution in [2.45, 2.75) is 76.4 Å². The first-order chi connectivity index (χ1) is 17.5. The van der Waals surface area contributed by atoms with Gasteiger partial charge in [0, 0.05) is 31.0 Å². The molecule has 0 bridgehead atoms. The average Bonchev–Trinajstić information content (AvgIpc) is 3.40. The number of fused-ring (bicyclic) bond motifs is 2. The number of Topliss-reactive ketones (excluding diaryl/α,β-unsaturated/α-hetero) is 2. The van der Waals surface area contributed by atoms with Crippen LogP contribution in [0.5, 0.6) is 0 Å². The molecule has 3 heterocycles. The lowest BCUT2D eigenvalue weighted by Crippen LogP contribution is -2.45. The monoisotopic (exact) mass is 484 g/mol. The zero-order valence-corrected chi connectivity index (χ0v) is 20.7. The quantitative estimate of drug-likeness (QED) is 0.459. The Labute approximate surface area is 210 Å². The van der Waals surface area contributed by atoms with Gasteiger partial charge in [-0.05, 0) is 67.9 Å². The third-order valence-electron chi connectivity index (χ3n) is 8.54. The number of pyridine rings is 1. The van der Waals surface area contributed by atoms with E-state index in [2.05, 4.69) is 40.4 Å². The minimum absolute atomic E-state index is 0.0185. The molecule has 186 valence electrons. The van der Waals surface area contributed by atoms with E-state index in [-0.39, 0.29) is 36.1 Å². The molecule has 3 fully saturated rings. The van der Waals surface area contributed by atoms with Gasteiger partial charge in [0.15, 0.2) is 11.6 Å². The molecular formula is C29H32N4O3. The lowest BCUT2D eigenvalue weighted by Gasteiger charge is -2.31. The van der Waals surface area contributed by atoms with Gasteiger partial charge in [-0.15, -0.1) is 0 Å². The molecule has 0 unspecified atom stereocenters. The minimum Gasteiger partial charge on any atom is -0.328 e. The van der Waals surface area contributed by atoms with E-state index < -0.39 is 0 Å². The molecule has 1 saturated heterocycles. The van der Waals surface area contributed by atoms with Gasteiger partial charge in [-0.25, -0.2) is 0 Å². The minimum atomic E-state index is -0.319. The first-order valence-electron chi connectivity index (χ1n) is 13.2. The number of carbonyl (C=O) groups is 3. The lowest BCUT2D eigenvalue weighted by molar-refractivity contribution is -0.140. The molecule has 7 nitrogen and oxygen atoms in total. The fourth-order valence-electron chi connectivity index (χ4n) is 6.56. The summed E-state index contributed by atoms with van der Waals surface area (Å²) in [6.45, 7) is 1.50. The van der Waals surface area contributed by atoms with Crippen LogP contribution < -0.4 is 0 Å². The second-order valence-corrected chi connectivity index (χ2v) is 10.9. The molecule has 6 rings (SSSR count). The molecule has 7 heteroatoms. The van der Waals surface area contributed by atoms with E-state index in [1.165, 1.54) is 12.5 Å². The summed E-state index contributed by atoms with van der Waals surface area (Å²) in [5.41, 5.74) is 2.43. The van der Waals surface area contributed by atoms with E-state index in [0.29, 0.717) is 40.8 Å². The Morgan fingerprint density at radius 1 is 1.00 bits per heavy atom. The number of benzene rings is 1. The van der Waals surface area contributed by atoms with Crippen LogP contribution in [0.3, 0.4) is 0 Å². The molecule has 3 aliphatic rings. The Bertz CT molecular complexity index is 1310. The largest absolute Gasteiger partial charge is 0.328 e. The van der Waals surface area contributed by atoms with Gasteiger partial charge in [0.2, 0.25) is 5.91 Å². The summed E-state index contributed by atoms with van der Waals surface area (Å²) in [7, 11) is 0. The molecule has 0 spiro atoms. The van der Waals surface area contributed by atoms with Crippen molar-refractivity contribution < 1.29 is 14.4 Å². The Hall–Kier alpha value is -3.35. The van der Waals surface area contributed by atoms with Gasteiger partial charge in [0.05, 0.1) is 17.8 Å². The van der Waals surface area contributed by atoms with Crippen LogP contribution in [0.1, 0.15) is 73.8 Å². The smallest absolute Gasteiger partial charge is 0.245 e. The van der Waals surface area contributed by atoms with Gasteiger partial charge in [0.25, 0.3) is 0 Å². The second-order valence-electron chi connectivity index (χ2n) is 10.9. The molecule has 3 aromatic rings. The van der Waals surface area contributed by atoms with E-state index in [1.807, 2.05) is 4.90 Å². The number of ketones is 2. The number of aromatic nitrogens is 3. The predicted octanol–water partition coefficient (Wildman–Crippen LogP) is 4.56. The van der Waals surface area contributed by atoms with Crippen molar-refractivity contribution in [2.24, 2.45) is 11.8 Å². The summed E-state index contributed by atoms with van der Waals surface area (Å²) in [6, 6.07) is 12.3.